The highest BCUT2D eigenvalue weighted by molar-refractivity contribution is 6.31. The van der Waals surface area contributed by atoms with Crippen LogP contribution in [0.5, 0.6) is 0 Å². The summed E-state index contributed by atoms with van der Waals surface area (Å²) in [5, 5.41) is 13.2. The highest BCUT2D eigenvalue weighted by Gasteiger charge is 2.27. The number of carbonyl (C=O) groups is 1. The summed E-state index contributed by atoms with van der Waals surface area (Å²) in [4.78, 5) is 27.8. The van der Waals surface area contributed by atoms with Crippen LogP contribution in [0.25, 0.3) is 22.4 Å². The average molecular weight is 377 g/mol. The van der Waals surface area contributed by atoms with Crippen LogP contribution in [-0.2, 0) is 0 Å². The van der Waals surface area contributed by atoms with Crippen molar-refractivity contribution in [2.24, 2.45) is 0 Å². The van der Waals surface area contributed by atoms with Crippen LogP contribution >= 0.6 is 11.6 Å². The molecule has 4 rings (SSSR count). The van der Waals surface area contributed by atoms with Crippen molar-refractivity contribution in [1.82, 2.24) is 24.8 Å². The Balaban J connectivity index is 1.64. The molecule has 1 aliphatic heterocycles. The number of carboxylic acid groups (broad SMARTS) is 1. The Morgan fingerprint density at radius 3 is 3.04 bits per heavy atom. The number of hydrogen-bond acceptors (Lipinski definition) is 5. The lowest BCUT2D eigenvalue weighted by molar-refractivity contribution is 0.155. The number of likely N-dealkylation sites (tertiary alicyclic amines) is 1. The van der Waals surface area contributed by atoms with Gasteiger partial charge in [0.15, 0.2) is 17.5 Å². The molecule has 1 saturated heterocycles. The standard InChI is InChI=1S/C16H14ClFN6O2/c17-8-3-10-11(5-20-13(10)19-4-8)14-21-6-12(18)15(23-14)22-9-1-2-24(7-9)16(25)26/h3-6,9H,1-2,7H2,(H,19,20)(H,25,26)(H,21,22,23). The highest BCUT2D eigenvalue weighted by atomic mass is 35.5. The topological polar surface area (TPSA) is 107 Å². The molecule has 0 saturated carbocycles. The van der Waals surface area contributed by atoms with E-state index in [9.17, 15) is 9.18 Å². The molecule has 1 amide bonds. The van der Waals surface area contributed by atoms with E-state index in [1.54, 1.807) is 12.3 Å². The van der Waals surface area contributed by atoms with E-state index in [-0.39, 0.29) is 18.4 Å². The Bertz CT molecular complexity index is 994. The fourth-order valence-corrected chi connectivity index (χ4v) is 3.16. The summed E-state index contributed by atoms with van der Waals surface area (Å²) in [6, 6.07) is 1.53. The summed E-state index contributed by atoms with van der Waals surface area (Å²) in [5.74, 6) is -0.243. The minimum Gasteiger partial charge on any atom is -0.465 e. The molecule has 0 radical (unpaired) electrons. The molecule has 8 nitrogen and oxygen atoms in total. The van der Waals surface area contributed by atoms with Crippen LogP contribution in [0.3, 0.4) is 0 Å². The normalized spacial score (nSPS) is 17.0. The zero-order chi connectivity index (χ0) is 18.3. The molecule has 1 aliphatic rings. The first-order valence-corrected chi connectivity index (χ1v) is 8.29. The Kier molecular flexibility index (Phi) is 4.08. The number of H-pyrrole nitrogens is 1. The minimum atomic E-state index is -0.985. The quantitative estimate of drug-likeness (QED) is 0.648. The summed E-state index contributed by atoms with van der Waals surface area (Å²) in [6.45, 7) is 0.680. The summed E-state index contributed by atoms with van der Waals surface area (Å²) < 4.78 is 14.1. The van der Waals surface area contributed by atoms with E-state index in [1.807, 2.05) is 0 Å². The fourth-order valence-electron chi connectivity index (χ4n) is 3.01. The van der Waals surface area contributed by atoms with Gasteiger partial charge in [-0.25, -0.2) is 24.1 Å². The lowest BCUT2D eigenvalue weighted by Gasteiger charge is -2.15. The molecular formula is C16H14ClFN6O2. The molecular weight excluding hydrogens is 363 g/mol. The van der Waals surface area contributed by atoms with E-state index in [1.165, 1.54) is 11.1 Å². The van der Waals surface area contributed by atoms with Crippen molar-refractivity contribution in [3.8, 4) is 11.4 Å². The predicted molar refractivity (Wildman–Crippen MR) is 93.7 cm³/mol. The van der Waals surface area contributed by atoms with Crippen LogP contribution in [0.4, 0.5) is 15.0 Å². The molecule has 0 bridgehead atoms. The molecule has 3 aromatic heterocycles. The Morgan fingerprint density at radius 1 is 1.42 bits per heavy atom. The Hall–Kier alpha value is -2.94. The number of nitrogens with one attached hydrogen (secondary N) is 2. The number of anilines is 1. The molecule has 0 aromatic carbocycles. The van der Waals surface area contributed by atoms with Gasteiger partial charge < -0.3 is 20.3 Å². The summed E-state index contributed by atoms with van der Waals surface area (Å²) in [5.41, 5.74) is 1.27. The second-order valence-electron chi connectivity index (χ2n) is 6.00. The molecule has 1 unspecified atom stereocenters. The van der Waals surface area contributed by atoms with E-state index in [2.05, 4.69) is 25.3 Å². The number of halogens is 2. The molecule has 3 N–H and O–H groups in total. The molecule has 1 atom stereocenters. The van der Waals surface area contributed by atoms with Crippen LogP contribution < -0.4 is 5.32 Å². The van der Waals surface area contributed by atoms with E-state index >= 15 is 0 Å². The number of nitrogens with zero attached hydrogens (tertiary/aromatic N) is 4. The van der Waals surface area contributed by atoms with E-state index in [0.29, 0.717) is 35.0 Å². The monoisotopic (exact) mass is 376 g/mol. The van der Waals surface area contributed by atoms with Crippen LogP contribution in [0.1, 0.15) is 6.42 Å². The van der Waals surface area contributed by atoms with Gasteiger partial charge in [0.25, 0.3) is 0 Å². The maximum absolute atomic E-state index is 14.1. The zero-order valence-corrected chi connectivity index (χ0v) is 14.2. The molecule has 134 valence electrons. The number of hydrogen-bond donors (Lipinski definition) is 3. The first-order chi connectivity index (χ1) is 12.5. The van der Waals surface area contributed by atoms with Gasteiger partial charge in [0.1, 0.15) is 5.65 Å². The van der Waals surface area contributed by atoms with Gasteiger partial charge in [-0.3, -0.25) is 0 Å². The van der Waals surface area contributed by atoms with Crippen molar-refractivity contribution in [3.63, 3.8) is 0 Å². The molecule has 0 aliphatic carbocycles. The number of fused-ring (bicyclic) bond motifs is 1. The maximum atomic E-state index is 14.1. The van der Waals surface area contributed by atoms with Crippen molar-refractivity contribution in [2.75, 3.05) is 18.4 Å². The zero-order valence-electron chi connectivity index (χ0n) is 13.4. The molecule has 1 fully saturated rings. The Morgan fingerprint density at radius 2 is 2.27 bits per heavy atom. The molecule has 0 spiro atoms. The van der Waals surface area contributed by atoms with Crippen molar-refractivity contribution in [3.05, 3.63) is 35.5 Å². The predicted octanol–water partition coefficient (Wildman–Crippen LogP) is 2.98. The fraction of sp³-hybridized carbons (Fsp3) is 0.250. The molecule has 4 heterocycles. The minimum absolute atomic E-state index is 0.0385. The highest BCUT2D eigenvalue weighted by Crippen LogP contribution is 2.28. The molecule has 3 aromatic rings. The van der Waals surface area contributed by atoms with Gasteiger partial charge in [0.2, 0.25) is 0 Å². The van der Waals surface area contributed by atoms with Crippen molar-refractivity contribution >= 4 is 34.5 Å². The van der Waals surface area contributed by atoms with Crippen molar-refractivity contribution in [1.29, 1.82) is 0 Å². The second-order valence-corrected chi connectivity index (χ2v) is 6.44. The molecule has 10 heteroatoms. The number of aromatic amines is 1. The Labute approximate surface area is 152 Å². The third kappa shape index (κ3) is 3.01. The van der Waals surface area contributed by atoms with Crippen LogP contribution in [0.15, 0.2) is 24.7 Å². The second kappa shape index (κ2) is 6.41. The first kappa shape index (κ1) is 16.5. The van der Waals surface area contributed by atoms with Gasteiger partial charge in [0.05, 0.1) is 11.2 Å². The average Bonchev–Trinajstić information content (AvgIpc) is 3.23. The SMILES string of the molecule is O=C(O)N1CCC(Nc2nc(-c3c[nH]c4ncc(Cl)cc34)ncc2F)C1. The van der Waals surface area contributed by atoms with E-state index < -0.39 is 11.9 Å². The smallest absolute Gasteiger partial charge is 0.407 e. The third-order valence-electron chi connectivity index (χ3n) is 4.28. The van der Waals surface area contributed by atoms with Crippen LogP contribution in [0.2, 0.25) is 5.02 Å². The van der Waals surface area contributed by atoms with Crippen molar-refractivity contribution in [2.45, 2.75) is 12.5 Å². The third-order valence-corrected chi connectivity index (χ3v) is 4.49. The maximum Gasteiger partial charge on any atom is 0.407 e. The van der Waals surface area contributed by atoms with E-state index in [4.69, 9.17) is 16.7 Å². The molecule has 26 heavy (non-hydrogen) atoms. The lowest BCUT2D eigenvalue weighted by Crippen LogP contribution is -2.30. The number of aromatic nitrogens is 4. The van der Waals surface area contributed by atoms with Gasteiger partial charge in [-0.05, 0) is 12.5 Å². The van der Waals surface area contributed by atoms with Gasteiger partial charge in [-0.2, -0.15) is 0 Å². The lowest BCUT2D eigenvalue weighted by atomic mass is 10.2. The van der Waals surface area contributed by atoms with Gasteiger partial charge in [0, 0.05) is 42.5 Å². The van der Waals surface area contributed by atoms with E-state index in [0.717, 1.165) is 11.6 Å². The summed E-state index contributed by atoms with van der Waals surface area (Å²) in [6.07, 6.45) is 3.90. The summed E-state index contributed by atoms with van der Waals surface area (Å²) in [7, 11) is 0. The van der Waals surface area contributed by atoms with Gasteiger partial charge >= 0.3 is 6.09 Å². The van der Waals surface area contributed by atoms with Crippen LogP contribution in [-0.4, -0.2) is 55.2 Å². The van der Waals surface area contributed by atoms with Crippen LogP contribution in [0, 0.1) is 5.82 Å². The van der Waals surface area contributed by atoms with Crippen molar-refractivity contribution < 1.29 is 14.3 Å². The first-order valence-electron chi connectivity index (χ1n) is 7.91. The largest absolute Gasteiger partial charge is 0.465 e. The van der Waals surface area contributed by atoms with Gasteiger partial charge in [-0.1, -0.05) is 11.6 Å². The number of pyridine rings is 1. The van der Waals surface area contributed by atoms with Gasteiger partial charge in [-0.15, -0.1) is 0 Å². The number of rotatable bonds is 3. The number of amides is 1. The summed E-state index contributed by atoms with van der Waals surface area (Å²) >= 11 is 6.00.